The van der Waals surface area contributed by atoms with Gasteiger partial charge in [-0.15, -0.1) is 0 Å². The number of rotatable bonds is 6. The van der Waals surface area contributed by atoms with Crippen LogP contribution in [0.25, 0.3) is 0 Å². The second-order valence-corrected chi connectivity index (χ2v) is 7.64. The van der Waals surface area contributed by atoms with Gasteiger partial charge in [-0.3, -0.25) is 0 Å². The SMILES string of the molecule is Cc1cccc(Cn2cccc2CN(C(=O)Nc2cccc(C)c2)C(C)C)c1. The van der Waals surface area contributed by atoms with Crippen LogP contribution in [0.2, 0.25) is 0 Å². The molecule has 1 N–H and O–H groups in total. The molecular formula is C24H29N3O. The first-order chi connectivity index (χ1) is 13.4. The van der Waals surface area contributed by atoms with Crippen molar-refractivity contribution in [3.05, 3.63) is 89.2 Å². The number of hydrogen-bond donors (Lipinski definition) is 1. The Hall–Kier alpha value is -3.01. The number of urea groups is 1. The minimum atomic E-state index is -0.0797. The number of aromatic nitrogens is 1. The van der Waals surface area contributed by atoms with Crippen molar-refractivity contribution in [3.8, 4) is 0 Å². The maximum atomic E-state index is 12.9. The molecule has 0 aliphatic carbocycles. The number of benzene rings is 2. The molecule has 0 atom stereocenters. The molecule has 0 aliphatic heterocycles. The Morgan fingerprint density at radius 3 is 2.39 bits per heavy atom. The van der Waals surface area contributed by atoms with Gasteiger partial charge in [0.15, 0.2) is 0 Å². The minimum Gasteiger partial charge on any atom is -0.345 e. The maximum absolute atomic E-state index is 12.9. The van der Waals surface area contributed by atoms with E-state index in [0.29, 0.717) is 6.54 Å². The number of anilines is 1. The van der Waals surface area contributed by atoms with Crippen molar-refractivity contribution in [2.24, 2.45) is 0 Å². The van der Waals surface area contributed by atoms with Gasteiger partial charge in [-0.05, 0) is 63.1 Å². The van der Waals surface area contributed by atoms with Crippen molar-refractivity contribution in [1.29, 1.82) is 0 Å². The number of aryl methyl sites for hydroxylation is 2. The van der Waals surface area contributed by atoms with E-state index in [1.54, 1.807) is 0 Å². The molecule has 0 spiro atoms. The molecule has 3 aromatic rings. The Bertz CT molecular complexity index is 942. The second kappa shape index (κ2) is 8.79. The van der Waals surface area contributed by atoms with Crippen LogP contribution < -0.4 is 5.32 Å². The number of carbonyl (C=O) groups excluding carboxylic acids is 1. The van der Waals surface area contributed by atoms with Crippen LogP contribution in [0.15, 0.2) is 66.9 Å². The van der Waals surface area contributed by atoms with Gasteiger partial charge in [0, 0.05) is 30.2 Å². The Kier molecular flexibility index (Phi) is 6.19. The van der Waals surface area contributed by atoms with Crippen LogP contribution in [0.3, 0.4) is 0 Å². The first kappa shape index (κ1) is 19.7. The van der Waals surface area contributed by atoms with E-state index in [2.05, 4.69) is 53.3 Å². The van der Waals surface area contributed by atoms with Crippen molar-refractivity contribution in [2.75, 3.05) is 5.32 Å². The number of nitrogens with one attached hydrogen (secondary N) is 1. The summed E-state index contributed by atoms with van der Waals surface area (Å²) < 4.78 is 2.21. The molecule has 2 amide bonds. The summed E-state index contributed by atoms with van der Waals surface area (Å²) in [5, 5.41) is 3.03. The molecule has 0 bridgehead atoms. The van der Waals surface area contributed by atoms with Crippen LogP contribution in [-0.4, -0.2) is 21.5 Å². The molecule has 0 saturated carbocycles. The van der Waals surface area contributed by atoms with Crippen molar-refractivity contribution in [2.45, 2.75) is 46.8 Å². The van der Waals surface area contributed by atoms with Gasteiger partial charge in [0.05, 0.1) is 6.54 Å². The number of amides is 2. The van der Waals surface area contributed by atoms with Crippen molar-refractivity contribution in [1.82, 2.24) is 9.47 Å². The third-order valence-corrected chi connectivity index (χ3v) is 4.84. The Balaban J connectivity index is 1.74. The highest BCUT2D eigenvalue weighted by Crippen LogP contribution is 2.16. The normalized spacial score (nSPS) is 10.9. The second-order valence-electron chi connectivity index (χ2n) is 7.64. The van der Waals surface area contributed by atoms with Crippen LogP contribution in [-0.2, 0) is 13.1 Å². The quantitative estimate of drug-likeness (QED) is 0.598. The molecule has 2 aromatic carbocycles. The van der Waals surface area contributed by atoms with Crippen molar-refractivity contribution >= 4 is 11.7 Å². The lowest BCUT2D eigenvalue weighted by Crippen LogP contribution is -2.40. The lowest BCUT2D eigenvalue weighted by atomic mass is 10.1. The standard InChI is InChI=1S/C24H29N3O/c1-18(2)27(24(28)25-22-11-6-9-20(4)15-22)17-23-12-7-13-26(23)16-21-10-5-8-19(3)14-21/h5-15,18H,16-17H2,1-4H3,(H,25,28). The molecule has 3 rings (SSSR count). The number of nitrogens with zero attached hydrogens (tertiary/aromatic N) is 2. The number of carbonyl (C=O) groups is 1. The summed E-state index contributed by atoms with van der Waals surface area (Å²) in [7, 11) is 0. The molecule has 0 radical (unpaired) electrons. The molecule has 0 aliphatic rings. The van der Waals surface area contributed by atoms with E-state index in [4.69, 9.17) is 0 Å². The fourth-order valence-corrected chi connectivity index (χ4v) is 3.34. The lowest BCUT2D eigenvalue weighted by Gasteiger charge is -2.27. The molecule has 28 heavy (non-hydrogen) atoms. The highest BCUT2D eigenvalue weighted by Gasteiger charge is 2.19. The summed E-state index contributed by atoms with van der Waals surface area (Å²) in [4.78, 5) is 14.8. The molecule has 146 valence electrons. The fourth-order valence-electron chi connectivity index (χ4n) is 3.34. The predicted molar refractivity (Wildman–Crippen MR) is 116 cm³/mol. The highest BCUT2D eigenvalue weighted by molar-refractivity contribution is 5.89. The van der Waals surface area contributed by atoms with Gasteiger partial charge >= 0.3 is 6.03 Å². The van der Waals surface area contributed by atoms with Crippen LogP contribution in [0.4, 0.5) is 10.5 Å². The van der Waals surface area contributed by atoms with Crippen LogP contribution in [0.5, 0.6) is 0 Å². The van der Waals surface area contributed by atoms with E-state index >= 15 is 0 Å². The van der Waals surface area contributed by atoms with Gasteiger partial charge in [0.2, 0.25) is 0 Å². The summed E-state index contributed by atoms with van der Waals surface area (Å²) in [5.74, 6) is 0. The summed E-state index contributed by atoms with van der Waals surface area (Å²) >= 11 is 0. The molecular weight excluding hydrogens is 346 g/mol. The number of hydrogen-bond acceptors (Lipinski definition) is 1. The predicted octanol–water partition coefficient (Wildman–Crippen LogP) is 5.60. The Morgan fingerprint density at radius 1 is 1.00 bits per heavy atom. The smallest absolute Gasteiger partial charge is 0.322 e. The van der Waals surface area contributed by atoms with Gasteiger partial charge in [0.1, 0.15) is 0 Å². The molecule has 0 saturated heterocycles. The van der Waals surface area contributed by atoms with Gasteiger partial charge in [-0.2, -0.15) is 0 Å². The van der Waals surface area contributed by atoms with Crippen LogP contribution >= 0.6 is 0 Å². The monoisotopic (exact) mass is 375 g/mol. The summed E-state index contributed by atoms with van der Waals surface area (Å²) in [6.45, 7) is 9.58. The molecule has 1 aromatic heterocycles. The molecule has 0 unspecified atom stereocenters. The highest BCUT2D eigenvalue weighted by atomic mass is 16.2. The molecule has 0 fully saturated rings. The zero-order valence-corrected chi connectivity index (χ0v) is 17.1. The van der Waals surface area contributed by atoms with Crippen LogP contribution in [0, 0.1) is 13.8 Å². The fraction of sp³-hybridized carbons (Fsp3) is 0.292. The third kappa shape index (κ3) is 5.03. The lowest BCUT2D eigenvalue weighted by molar-refractivity contribution is 0.192. The van der Waals surface area contributed by atoms with Gasteiger partial charge in [-0.1, -0.05) is 42.0 Å². The van der Waals surface area contributed by atoms with Gasteiger partial charge in [0.25, 0.3) is 0 Å². The van der Waals surface area contributed by atoms with Gasteiger partial charge < -0.3 is 14.8 Å². The van der Waals surface area contributed by atoms with E-state index in [9.17, 15) is 4.79 Å². The molecule has 1 heterocycles. The van der Waals surface area contributed by atoms with E-state index < -0.39 is 0 Å². The molecule has 4 heteroatoms. The zero-order chi connectivity index (χ0) is 20.1. The Labute approximate surface area is 167 Å². The topological polar surface area (TPSA) is 37.3 Å². The average molecular weight is 376 g/mol. The van der Waals surface area contributed by atoms with Gasteiger partial charge in [-0.25, -0.2) is 4.79 Å². The third-order valence-electron chi connectivity index (χ3n) is 4.84. The minimum absolute atomic E-state index is 0.0797. The summed E-state index contributed by atoms with van der Waals surface area (Å²) in [5.41, 5.74) is 5.59. The largest absolute Gasteiger partial charge is 0.345 e. The van der Waals surface area contributed by atoms with E-state index in [-0.39, 0.29) is 12.1 Å². The van der Waals surface area contributed by atoms with E-state index in [1.807, 2.05) is 56.0 Å². The van der Waals surface area contributed by atoms with E-state index in [0.717, 1.165) is 23.5 Å². The first-order valence-electron chi connectivity index (χ1n) is 9.76. The van der Waals surface area contributed by atoms with Crippen molar-refractivity contribution in [3.63, 3.8) is 0 Å². The Morgan fingerprint density at radius 2 is 1.71 bits per heavy atom. The molecule has 4 nitrogen and oxygen atoms in total. The van der Waals surface area contributed by atoms with E-state index in [1.165, 1.54) is 11.1 Å². The maximum Gasteiger partial charge on any atom is 0.322 e. The van der Waals surface area contributed by atoms with Crippen molar-refractivity contribution < 1.29 is 4.79 Å². The summed E-state index contributed by atoms with van der Waals surface area (Å²) in [6.07, 6.45) is 2.08. The first-order valence-corrected chi connectivity index (χ1v) is 9.76. The summed E-state index contributed by atoms with van der Waals surface area (Å²) in [6, 6.07) is 20.6. The zero-order valence-electron chi connectivity index (χ0n) is 17.1. The average Bonchev–Trinajstić information content (AvgIpc) is 3.06. The van der Waals surface area contributed by atoms with Crippen LogP contribution in [0.1, 0.15) is 36.2 Å².